The van der Waals surface area contributed by atoms with Crippen LogP contribution in [0.25, 0.3) is 0 Å². The average molecular weight is 307 g/mol. The van der Waals surface area contributed by atoms with Crippen LogP contribution in [0, 0.1) is 6.92 Å². The van der Waals surface area contributed by atoms with Crippen LogP contribution in [0.3, 0.4) is 0 Å². The molecule has 1 amide bonds. The zero-order chi connectivity index (χ0) is 16.3. The molecular weight excluding hydrogens is 295 g/mol. The van der Waals surface area contributed by atoms with Gasteiger partial charge in [0.2, 0.25) is 0 Å². The van der Waals surface area contributed by atoms with Gasteiger partial charge in [-0.3, -0.25) is 9.59 Å². The van der Waals surface area contributed by atoms with Gasteiger partial charge in [-0.1, -0.05) is 12.1 Å². The summed E-state index contributed by atoms with van der Waals surface area (Å²) in [7, 11) is 0. The lowest BCUT2D eigenvalue weighted by Gasteiger charge is -2.10. The summed E-state index contributed by atoms with van der Waals surface area (Å²) in [6.45, 7) is 1.74. The Bertz CT molecular complexity index is 724. The zero-order valence-electron chi connectivity index (χ0n) is 11.6. The zero-order valence-corrected chi connectivity index (χ0v) is 11.6. The van der Waals surface area contributed by atoms with Crippen molar-refractivity contribution in [2.24, 2.45) is 0 Å². The number of benzene rings is 2. The lowest BCUT2D eigenvalue weighted by molar-refractivity contribution is -0.137. The number of carbonyl (C=O) groups is 2. The van der Waals surface area contributed by atoms with Crippen LogP contribution in [0.2, 0.25) is 0 Å². The van der Waals surface area contributed by atoms with Gasteiger partial charge in [0.15, 0.2) is 0 Å². The van der Waals surface area contributed by atoms with Crippen molar-refractivity contribution >= 4 is 17.9 Å². The maximum absolute atomic E-state index is 12.6. The van der Waals surface area contributed by atoms with E-state index in [-0.39, 0.29) is 5.56 Å². The molecule has 0 bridgehead atoms. The summed E-state index contributed by atoms with van der Waals surface area (Å²) in [5.41, 5.74) is 0.490. The van der Waals surface area contributed by atoms with E-state index in [4.69, 9.17) is 0 Å². The molecule has 22 heavy (non-hydrogen) atoms. The minimum Gasteiger partial charge on any atom is -0.322 e. The fraction of sp³-hybridized carbons (Fsp3) is 0.125. The van der Waals surface area contributed by atoms with Crippen LogP contribution in [-0.2, 0) is 6.18 Å². The van der Waals surface area contributed by atoms with E-state index in [0.717, 1.165) is 17.7 Å². The Morgan fingerprint density at radius 2 is 1.86 bits per heavy atom. The van der Waals surface area contributed by atoms with E-state index in [1.165, 1.54) is 18.2 Å². The molecule has 0 aliphatic rings. The first-order valence-corrected chi connectivity index (χ1v) is 6.35. The van der Waals surface area contributed by atoms with Gasteiger partial charge in [-0.15, -0.1) is 0 Å². The Morgan fingerprint density at radius 3 is 2.50 bits per heavy atom. The number of nitrogens with one attached hydrogen (secondary N) is 1. The average Bonchev–Trinajstić information content (AvgIpc) is 2.48. The predicted octanol–water partition coefficient (Wildman–Crippen LogP) is 4.08. The number of anilines is 1. The number of aldehydes is 1. The molecule has 0 saturated carbocycles. The van der Waals surface area contributed by atoms with Crippen molar-refractivity contribution in [3.63, 3.8) is 0 Å². The number of alkyl halides is 3. The number of carbonyl (C=O) groups excluding carboxylic acids is 2. The number of rotatable bonds is 3. The van der Waals surface area contributed by atoms with Gasteiger partial charge >= 0.3 is 6.18 Å². The topological polar surface area (TPSA) is 46.2 Å². The van der Waals surface area contributed by atoms with Gasteiger partial charge in [0, 0.05) is 16.8 Å². The van der Waals surface area contributed by atoms with Crippen LogP contribution < -0.4 is 5.32 Å². The molecule has 0 aliphatic carbocycles. The fourth-order valence-corrected chi connectivity index (χ4v) is 1.89. The second-order valence-electron chi connectivity index (χ2n) is 4.72. The third kappa shape index (κ3) is 3.52. The number of hydrogen-bond acceptors (Lipinski definition) is 2. The van der Waals surface area contributed by atoms with Gasteiger partial charge in [0.1, 0.15) is 6.29 Å². The Kier molecular flexibility index (Phi) is 4.30. The van der Waals surface area contributed by atoms with Crippen LogP contribution in [0.5, 0.6) is 0 Å². The number of halogens is 3. The molecule has 0 aromatic heterocycles. The van der Waals surface area contributed by atoms with Crippen LogP contribution in [0.1, 0.15) is 31.8 Å². The molecule has 0 saturated heterocycles. The largest absolute Gasteiger partial charge is 0.416 e. The van der Waals surface area contributed by atoms with Crippen molar-refractivity contribution in [3.8, 4) is 0 Å². The molecule has 0 fully saturated rings. The van der Waals surface area contributed by atoms with Crippen molar-refractivity contribution in [1.29, 1.82) is 0 Å². The molecule has 2 aromatic carbocycles. The monoisotopic (exact) mass is 307 g/mol. The Morgan fingerprint density at radius 1 is 1.14 bits per heavy atom. The Hall–Kier alpha value is -2.63. The van der Waals surface area contributed by atoms with E-state index >= 15 is 0 Å². The van der Waals surface area contributed by atoms with Crippen LogP contribution in [0.4, 0.5) is 18.9 Å². The highest BCUT2D eigenvalue weighted by Gasteiger charge is 2.30. The van der Waals surface area contributed by atoms with Crippen molar-refractivity contribution < 1.29 is 22.8 Å². The van der Waals surface area contributed by atoms with Crippen molar-refractivity contribution in [2.75, 3.05) is 5.32 Å². The quantitative estimate of drug-likeness (QED) is 0.869. The SMILES string of the molecule is Cc1ccc(NC(=O)c2cccc(C(F)(F)F)c2)cc1C=O. The summed E-state index contributed by atoms with van der Waals surface area (Å²) >= 11 is 0. The molecule has 2 aromatic rings. The Balaban J connectivity index is 2.24. The van der Waals surface area contributed by atoms with E-state index in [0.29, 0.717) is 17.5 Å². The van der Waals surface area contributed by atoms with Crippen LogP contribution >= 0.6 is 0 Å². The smallest absolute Gasteiger partial charge is 0.322 e. The van der Waals surface area contributed by atoms with Gasteiger partial charge in [0.25, 0.3) is 5.91 Å². The molecule has 114 valence electrons. The standard InChI is InChI=1S/C16H12F3NO2/c1-10-5-6-14(8-12(10)9-21)20-15(22)11-3-2-4-13(7-11)16(17,18)19/h2-9H,1H3,(H,20,22). The summed E-state index contributed by atoms with van der Waals surface area (Å²) in [4.78, 5) is 22.9. The first-order valence-electron chi connectivity index (χ1n) is 6.35. The molecular formula is C16H12F3NO2. The van der Waals surface area contributed by atoms with E-state index in [1.54, 1.807) is 19.1 Å². The van der Waals surface area contributed by atoms with E-state index in [9.17, 15) is 22.8 Å². The van der Waals surface area contributed by atoms with Gasteiger partial charge in [-0.25, -0.2) is 0 Å². The summed E-state index contributed by atoms with van der Waals surface area (Å²) in [6, 6.07) is 8.83. The molecule has 6 heteroatoms. The highest BCUT2D eigenvalue weighted by Crippen LogP contribution is 2.29. The van der Waals surface area contributed by atoms with Crippen molar-refractivity contribution in [2.45, 2.75) is 13.1 Å². The third-order valence-corrected chi connectivity index (χ3v) is 3.12. The van der Waals surface area contributed by atoms with Crippen LogP contribution in [-0.4, -0.2) is 12.2 Å². The maximum atomic E-state index is 12.6. The molecule has 1 N–H and O–H groups in total. The van der Waals surface area contributed by atoms with Crippen molar-refractivity contribution in [3.05, 3.63) is 64.7 Å². The minimum atomic E-state index is -4.51. The molecule has 3 nitrogen and oxygen atoms in total. The minimum absolute atomic E-state index is 0.108. The van der Waals surface area contributed by atoms with E-state index < -0.39 is 17.6 Å². The normalized spacial score (nSPS) is 11.1. The number of hydrogen-bond donors (Lipinski definition) is 1. The predicted molar refractivity (Wildman–Crippen MR) is 76.0 cm³/mol. The molecule has 2 rings (SSSR count). The number of aryl methyl sites for hydroxylation is 1. The maximum Gasteiger partial charge on any atom is 0.416 e. The highest BCUT2D eigenvalue weighted by atomic mass is 19.4. The summed E-state index contributed by atoms with van der Waals surface area (Å²) in [6.07, 6.45) is -3.86. The summed E-state index contributed by atoms with van der Waals surface area (Å²) in [5.74, 6) is -0.674. The molecule has 0 atom stereocenters. The second-order valence-corrected chi connectivity index (χ2v) is 4.72. The van der Waals surface area contributed by atoms with Gasteiger partial charge in [0.05, 0.1) is 5.56 Å². The highest BCUT2D eigenvalue weighted by molar-refractivity contribution is 6.04. The fourth-order valence-electron chi connectivity index (χ4n) is 1.89. The third-order valence-electron chi connectivity index (χ3n) is 3.12. The molecule has 0 unspecified atom stereocenters. The first-order chi connectivity index (χ1) is 10.3. The molecule has 0 radical (unpaired) electrons. The molecule has 0 heterocycles. The van der Waals surface area contributed by atoms with E-state index in [2.05, 4.69) is 5.32 Å². The van der Waals surface area contributed by atoms with Gasteiger partial charge in [-0.05, 0) is 42.8 Å². The first kappa shape index (κ1) is 15.8. The van der Waals surface area contributed by atoms with Crippen molar-refractivity contribution in [1.82, 2.24) is 0 Å². The summed E-state index contributed by atoms with van der Waals surface area (Å²) in [5, 5.41) is 2.47. The number of amides is 1. The summed E-state index contributed by atoms with van der Waals surface area (Å²) < 4.78 is 37.9. The lowest BCUT2D eigenvalue weighted by atomic mass is 10.1. The Labute approximate surface area is 124 Å². The molecule has 0 aliphatic heterocycles. The van der Waals surface area contributed by atoms with Gasteiger partial charge < -0.3 is 5.32 Å². The molecule has 0 spiro atoms. The lowest BCUT2D eigenvalue weighted by Crippen LogP contribution is -2.14. The van der Waals surface area contributed by atoms with Gasteiger partial charge in [-0.2, -0.15) is 13.2 Å². The van der Waals surface area contributed by atoms with E-state index in [1.807, 2.05) is 0 Å². The van der Waals surface area contributed by atoms with Crippen LogP contribution in [0.15, 0.2) is 42.5 Å². The second kappa shape index (κ2) is 6.01.